The van der Waals surface area contributed by atoms with Crippen LogP contribution in [0.5, 0.6) is 0 Å². The summed E-state index contributed by atoms with van der Waals surface area (Å²) in [7, 11) is 0. The van der Waals surface area contributed by atoms with Gasteiger partial charge in [-0.25, -0.2) is 4.99 Å². The second-order valence-electron chi connectivity index (χ2n) is 2.50. The summed E-state index contributed by atoms with van der Waals surface area (Å²) in [6, 6.07) is 0. The molecule has 0 saturated carbocycles. The van der Waals surface area contributed by atoms with Gasteiger partial charge in [-0.15, -0.1) is 0 Å². The van der Waals surface area contributed by atoms with Crippen molar-refractivity contribution in [2.75, 3.05) is 0 Å². The second kappa shape index (κ2) is 5.08. The van der Waals surface area contributed by atoms with Crippen LogP contribution >= 0.6 is 11.6 Å². The van der Waals surface area contributed by atoms with E-state index in [1.165, 1.54) is 0 Å². The molecule has 0 spiro atoms. The lowest BCUT2D eigenvalue weighted by molar-refractivity contribution is 0.755. The number of hydrogen-bond acceptors (Lipinski definition) is 2. The van der Waals surface area contributed by atoms with Crippen molar-refractivity contribution in [3.8, 4) is 0 Å². The van der Waals surface area contributed by atoms with Gasteiger partial charge in [-0.2, -0.15) is 0 Å². The van der Waals surface area contributed by atoms with Crippen molar-refractivity contribution in [2.24, 2.45) is 15.9 Å². The molecule has 0 aromatic rings. The zero-order valence-electron chi connectivity index (χ0n) is 7.13. The van der Waals surface area contributed by atoms with Crippen LogP contribution in [0.1, 0.15) is 20.8 Å². The lowest BCUT2D eigenvalue weighted by Gasteiger charge is -2.03. The molecule has 0 radical (unpaired) electrons. The molecule has 0 amide bonds. The Kier molecular flexibility index (Phi) is 4.79. The van der Waals surface area contributed by atoms with Crippen LogP contribution in [0.3, 0.4) is 0 Å². The fourth-order valence-corrected chi connectivity index (χ4v) is 0.676. The summed E-state index contributed by atoms with van der Waals surface area (Å²) < 4.78 is 0. The minimum absolute atomic E-state index is 0.328. The fourth-order valence-electron chi connectivity index (χ4n) is 0.578. The first-order chi connectivity index (χ1) is 5.07. The second-order valence-corrected chi connectivity index (χ2v) is 3.05. The van der Waals surface area contributed by atoms with E-state index in [0.29, 0.717) is 11.1 Å². The molecule has 0 N–H and O–H groups in total. The zero-order valence-corrected chi connectivity index (χ0v) is 7.89. The number of hydrogen-bond donors (Lipinski definition) is 0. The summed E-state index contributed by atoms with van der Waals surface area (Å²) in [4.78, 5) is 7.71. The maximum atomic E-state index is 5.60. The first kappa shape index (κ1) is 10.4. The molecular formula is C8H13ClN2. The van der Waals surface area contributed by atoms with E-state index in [1.807, 2.05) is 13.8 Å². The van der Waals surface area contributed by atoms with Gasteiger partial charge in [0, 0.05) is 6.20 Å². The van der Waals surface area contributed by atoms with Gasteiger partial charge in [-0.1, -0.05) is 25.4 Å². The van der Waals surface area contributed by atoms with Crippen LogP contribution in [0.4, 0.5) is 0 Å². The minimum Gasteiger partial charge on any atom is -0.271 e. The van der Waals surface area contributed by atoms with E-state index in [4.69, 9.17) is 11.6 Å². The molecule has 0 heterocycles. The standard InChI is InChI=1S/C8H13ClN2/c1-6(2)8(5-10-4)11-7(3)9/h5-6H,4H2,1-3H3/b8-5-,11-7+. The first-order valence-electron chi connectivity index (χ1n) is 3.44. The van der Waals surface area contributed by atoms with Crippen LogP contribution in [0, 0.1) is 5.92 Å². The Hall–Kier alpha value is -0.630. The Bertz CT molecular complexity index is 188. The van der Waals surface area contributed by atoms with Crippen molar-refractivity contribution in [1.82, 2.24) is 0 Å². The average molecular weight is 173 g/mol. The van der Waals surface area contributed by atoms with Gasteiger partial charge in [0.05, 0.1) is 5.70 Å². The van der Waals surface area contributed by atoms with E-state index in [0.717, 1.165) is 5.70 Å². The van der Waals surface area contributed by atoms with Gasteiger partial charge >= 0.3 is 0 Å². The molecule has 0 atom stereocenters. The molecule has 0 aliphatic heterocycles. The maximum Gasteiger partial charge on any atom is 0.103 e. The van der Waals surface area contributed by atoms with Crippen molar-refractivity contribution in [3.05, 3.63) is 11.9 Å². The van der Waals surface area contributed by atoms with Gasteiger partial charge in [0.15, 0.2) is 0 Å². The van der Waals surface area contributed by atoms with Gasteiger partial charge in [0.1, 0.15) is 5.17 Å². The summed E-state index contributed by atoms with van der Waals surface area (Å²) in [5.74, 6) is 0.328. The summed E-state index contributed by atoms with van der Waals surface area (Å²) in [6.45, 7) is 9.14. The lowest BCUT2D eigenvalue weighted by Crippen LogP contribution is -1.92. The van der Waals surface area contributed by atoms with Crippen LogP contribution in [0.15, 0.2) is 21.9 Å². The third kappa shape index (κ3) is 4.73. The molecule has 0 aliphatic rings. The third-order valence-corrected chi connectivity index (χ3v) is 1.18. The van der Waals surface area contributed by atoms with E-state index in [-0.39, 0.29) is 0 Å². The van der Waals surface area contributed by atoms with Gasteiger partial charge in [0.2, 0.25) is 0 Å². The summed E-state index contributed by atoms with van der Waals surface area (Å²) >= 11 is 5.60. The number of nitrogens with zero attached hydrogens (tertiary/aromatic N) is 2. The minimum atomic E-state index is 0.328. The van der Waals surface area contributed by atoms with Gasteiger partial charge in [-0.3, -0.25) is 4.99 Å². The van der Waals surface area contributed by atoms with E-state index >= 15 is 0 Å². The van der Waals surface area contributed by atoms with E-state index < -0.39 is 0 Å². The molecule has 0 saturated heterocycles. The monoisotopic (exact) mass is 172 g/mol. The average Bonchev–Trinajstić information content (AvgIpc) is 1.86. The van der Waals surface area contributed by atoms with E-state index in [2.05, 4.69) is 16.7 Å². The molecule has 0 fully saturated rings. The van der Waals surface area contributed by atoms with Crippen LogP contribution in [-0.4, -0.2) is 11.9 Å². The molecule has 0 aromatic heterocycles. The highest BCUT2D eigenvalue weighted by Gasteiger charge is 1.99. The summed E-state index contributed by atoms with van der Waals surface area (Å²) in [5, 5.41) is 0.522. The van der Waals surface area contributed by atoms with Crippen molar-refractivity contribution in [2.45, 2.75) is 20.8 Å². The van der Waals surface area contributed by atoms with Gasteiger partial charge < -0.3 is 0 Å². The first-order valence-corrected chi connectivity index (χ1v) is 3.82. The molecule has 0 aromatic carbocycles. The van der Waals surface area contributed by atoms with Crippen LogP contribution < -0.4 is 0 Å². The quantitative estimate of drug-likeness (QED) is 0.585. The van der Waals surface area contributed by atoms with Crippen molar-refractivity contribution < 1.29 is 0 Å². The summed E-state index contributed by atoms with van der Waals surface area (Å²) in [5.41, 5.74) is 0.854. The van der Waals surface area contributed by atoms with E-state index in [9.17, 15) is 0 Å². The predicted molar refractivity (Wildman–Crippen MR) is 51.4 cm³/mol. The van der Waals surface area contributed by atoms with Crippen molar-refractivity contribution >= 4 is 23.5 Å². The Labute approximate surface area is 72.7 Å². The van der Waals surface area contributed by atoms with Crippen LogP contribution in [-0.2, 0) is 0 Å². The van der Waals surface area contributed by atoms with Gasteiger partial charge in [-0.05, 0) is 19.6 Å². The normalized spacial score (nSPS) is 13.9. The Morgan fingerprint density at radius 3 is 2.36 bits per heavy atom. The highest BCUT2D eigenvalue weighted by Crippen LogP contribution is 2.11. The highest BCUT2D eigenvalue weighted by molar-refractivity contribution is 6.64. The molecule has 2 nitrogen and oxygen atoms in total. The lowest BCUT2D eigenvalue weighted by atomic mass is 10.1. The largest absolute Gasteiger partial charge is 0.271 e. The molecule has 0 unspecified atom stereocenters. The fraction of sp³-hybridized carbons (Fsp3) is 0.500. The Morgan fingerprint density at radius 1 is 1.55 bits per heavy atom. The highest BCUT2D eigenvalue weighted by atomic mass is 35.5. The van der Waals surface area contributed by atoms with E-state index in [1.54, 1.807) is 13.1 Å². The molecule has 0 rings (SSSR count). The van der Waals surface area contributed by atoms with Crippen molar-refractivity contribution in [3.63, 3.8) is 0 Å². The zero-order chi connectivity index (χ0) is 8.85. The number of halogens is 1. The smallest absolute Gasteiger partial charge is 0.103 e. The predicted octanol–water partition coefficient (Wildman–Crippen LogP) is 2.84. The Balaban J connectivity index is 4.49. The molecule has 3 heteroatoms. The number of aliphatic imine (C=N–C) groups is 2. The van der Waals surface area contributed by atoms with Crippen molar-refractivity contribution in [1.29, 1.82) is 0 Å². The molecular weight excluding hydrogens is 160 g/mol. The SMILES string of the molecule is C=N/C=C(\N=C(/C)Cl)C(C)C. The topological polar surface area (TPSA) is 24.7 Å². The van der Waals surface area contributed by atoms with Crippen LogP contribution in [0.25, 0.3) is 0 Å². The summed E-state index contributed by atoms with van der Waals surface area (Å²) in [6.07, 6.45) is 1.62. The number of allylic oxidation sites excluding steroid dienone is 1. The molecule has 62 valence electrons. The molecule has 0 aliphatic carbocycles. The molecule has 11 heavy (non-hydrogen) atoms. The maximum absolute atomic E-state index is 5.60. The van der Waals surface area contributed by atoms with Crippen LogP contribution in [0.2, 0.25) is 0 Å². The molecule has 0 bridgehead atoms. The third-order valence-electron chi connectivity index (χ3n) is 1.10. The Morgan fingerprint density at radius 2 is 2.09 bits per heavy atom. The van der Waals surface area contributed by atoms with Gasteiger partial charge in [0.25, 0.3) is 0 Å². The number of rotatable bonds is 3.